The first-order valence-electron chi connectivity index (χ1n) is 19.0. The van der Waals surface area contributed by atoms with Crippen LogP contribution in [0.5, 0.6) is 0 Å². The van der Waals surface area contributed by atoms with E-state index < -0.39 is 7.32 Å². The number of aryl methyl sites for hydroxylation is 3. The summed E-state index contributed by atoms with van der Waals surface area (Å²) in [6.07, 6.45) is 0. The predicted molar refractivity (Wildman–Crippen MR) is 250 cm³/mol. The SMILES string of the molecule is Cc1ccc(Pc2ccc(C(C)C)cc2)cc1.Cc1ccc(Pc2ccc(C(C)C)cc2)cc1.Cc1ccc(Pc2ccc(C(C)C)cc2)cc1.OB(O)O. The Morgan fingerprint density at radius 2 is 0.455 bits per heavy atom. The van der Waals surface area contributed by atoms with E-state index in [0.717, 1.165) is 25.7 Å². The molecular weight excluding hydrogens is 728 g/mol. The van der Waals surface area contributed by atoms with E-state index in [1.54, 1.807) is 0 Å². The quantitative estimate of drug-likeness (QED) is 0.101. The van der Waals surface area contributed by atoms with Crippen molar-refractivity contribution in [3.63, 3.8) is 0 Å². The molecule has 3 nitrogen and oxygen atoms in total. The fourth-order valence-electron chi connectivity index (χ4n) is 5.26. The van der Waals surface area contributed by atoms with E-state index in [1.807, 2.05) is 0 Å². The predicted octanol–water partition coefficient (Wildman–Crippen LogP) is 9.19. The molecule has 0 aliphatic carbocycles. The van der Waals surface area contributed by atoms with E-state index in [1.165, 1.54) is 65.2 Å². The van der Waals surface area contributed by atoms with Crippen molar-refractivity contribution in [2.45, 2.75) is 80.1 Å². The van der Waals surface area contributed by atoms with Crippen LogP contribution in [0.1, 0.15) is 92.7 Å². The van der Waals surface area contributed by atoms with Gasteiger partial charge in [-0.05, 0) is 87.0 Å². The van der Waals surface area contributed by atoms with Crippen molar-refractivity contribution < 1.29 is 15.1 Å². The van der Waals surface area contributed by atoms with Crippen LogP contribution >= 0.6 is 25.7 Å². The minimum Gasteiger partial charge on any atom is -0.402 e. The van der Waals surface area contributed by atoms with Gasteiger partial charge in [-0.3, -0.25) is 0 Å². The van der Waals surface area contributed by atoms with Gasteiger partial charge in [-0.1, -0.05) is 230 Å². The van der Waals surface area contributed by atoms with Crippen LogP contribution < -0.4 is 31.8 Å². The van der Waals surface area contributed by atoms with Gasteiger partial charge in [-0.15, -0.1) is 0 Å². The summed E-state index contributed by atoms with van der Waals surface area (Å²) >= 11 is 0. The monoisotopic (exact) mass is 788 g/mol. The molecule has 0 spiro atoms. The largest absolute Gasteiger partial charge is 0.631 e. The Kier molecular flexibility index (Phi) is 20.3. The number of rotatable bonds is 9. The normalized spacial score (nSPS) is 11.2. The second kappa shape index (κ2) is 24.2. The molecule has 7 heteroatoms. The van der Waals surface area contributed by atoms with Crippen molar-refractivity contribution in [1.82, 2.24) is 0 Å². The van der Waals surface area contributed by atoms with Gasteiger partial charge in [0.1, 0.15) is 0 Å². The summed E-state index contributed by atoms with van der Waals surface area (Å²) < 4.78 is 0. The van der Waals surface area contributed by atoms with Crippen LogP contribution in [0.25, 0.3) is 0 Å². The van der Waals surface area contributed by atoms with Gasteiger partial charge in [0.05, 0.1) is 0 Å². The van der Waals surface area contributed by atoms with Gasteiger partial charge in [0.2, 0.25) is 0 Å². The molecule has 3 atom stereocenters. The number of hydrogen-bond acceptors (Lipinski definition) is 3. The standard InChI is InChI=1S/3C16H19P.BH3O3/c3*1-12(2)14-6-10-16(11-7-14)17-15-8-4-13(3)5-9-15;2-1(3)4/h3*4-12,17H,1-3H3;2-4H. The third-order valence-electron chi connectivity index (χ3n) is 8.75. The van der Waals surface area contributed by atoms with Crippen LogP contribution in [0.2, 0.25) is 0 Å². The van der Waals surface area contributed by atoms with Gasteiger partial charge in [0.25, 0.3) is 0 Å². The molecule has 0 aliphatic heterocycles. The van der Waals surface area contributed by atoms with Crippen LogP contribution in [-0.2, 0) is 0 Å². The lowest BCUT2D eigenvalue weighted by Gasteiger charge is -2.07. The van der Waals surface area contributed by atoms with E-state index in [9.17, 15) is 0 Å². The highest BCUT2D eigenvalue weighted by Gasteiger charge is 2.03. The highest BCUT2D eigenvalue weighted by atomic mass is 31.1. The highest BCUT2D eigenvalue weighted by molar-refractivity contribution is 7.56. The Morgan fingerprint density at radius 3 is 0.600 bits per heavy atom. The average molecular weight is 789 g/mol. The first kappa shape index (κ1) is 45.9. The second-order valence-electron chi connectivity index (χ2n) is 14.6. The summed E-state index contributed by atoms with van der Waals surface area (Å²) in [7, 11) is 0.122. The molecule has 0 aliphatic rings. The Hall–Kier alpha value is -3.45. The van der Waals surface area contributed by atoms with Crippen molar-refractivity contribution >= 4 is 64.9 Å². The van der Waals surface area contributed by atoms with Crippen LogP contribution in [0.4, 0.5) is 0 Å². The van der Waals surface area contributed by atoms with E-state index in [-0.39, 0.29) is 0 Å². The Morgan fingerprint density at radius 1 is 0.309 bits per heavy atom. The molecule has 3 N–H and O–H groups in total. The molecule has 0 saturated carbocycles. The molecule has 0 fully saturated rings. The van der Waals surface area contributed by atoms with Crippen molar-refractivity contribution in [3.8, 4) is 0 Å². The molecule has 6 rings (SSSR count). The van der Waals surface area contributed by atoms with Crippen LogP contribution in [-0.4, -0.2) is 22.4 Å². The summed E-state index contributed by atoms with van der Waals surface area (Å²) in [5.74, 6) is 1.85. The molecule has 0 radical (unpaired) electrons. The fraction of sp³-hybridized carbons (Fsp3) is 0.250. The number of hydrogen-bond donors (Lipinski definition) is 3. The van der Waals surface area contributed by atoms with Gasteiger partial charge >= 0.3 is 7.32 Å². The molecule has 6 aromatic rings. The van der Waals surface area contributed by atoms with E-state index in [0.29, 0.717) is 17.8 Å². The van der Waals surface area contributed by atoms with Crippen molar-refractivity contribution in [2.75, 3.05) is 0 Å². The molecule has 0 bridgehead atoms. The lowest BCUT2D eigenvalue weighted by Crippen LogP contribution is -2.07. The maximum absolute atomic E-state index is 7.17. The molecule has 6 aromatic carbocycles. The fourth-order valence-corrected chi connectivity index (χ4v) is 8.26. The summed E-state index contributed by atoms with van der Waals surface area (Å²) in [5.41, 5.74) is 8.24. The van der Waals surface area contributed by atoms with E-state index in [4.69, 9.17) is 15.1 Å². The Balaban J connectivity index is 0.000000211. The van der Waals surface area contributed by atoms with Crippen LogP contribution in [0, 0.1) is 20.8 Å². The zero-order chi connectivity index (χ0) is 40.3. The van der Waals surface area contributed by atoms with Gasteiger partial charge in [-0.2, -0.15) is 0 Å². The first-order chi connectivity index (χ1) is 26.2. The minimum atomic E-state index is -2.17. The lowest BCUT2D eigenvalue weighted by atomic mass is 10.0. The topological polar surface area (TPSA) is 60.7 Å². The van der Waals surface area contributed by atoms with Crippen LogP contribution in [0.3, 0.4) is 0 Å². The first-order valence-corrected chi connectivity index (χ1v) is 22.0. The van der Waals surface area contributed by atoms with Crippen molar-refractivity contribution in [2.24, 2.45) is 0 Å². The molecule has 0 saturated heterocycles. The Bertz CT molecular complexity index is 1690. The molecule has 288 valence electrons. The summed E-state index contributed by atoms with van der Waals surface area (Å²) in [6.45, 7) is 19.8. The van der Waals surface area contributed by atoms with Gasteiger partial charge in [-0.25, -0.2) is 0 Å². The third-order valence-corrected chi connectivity index (χ3v) is 12.5. The molecule has 0 amide bonds. The summed E-state index contributed by atoms with van der Waals surface area (Å²) in [5, 5.41) is 30.0. The molecule has 0 aromatic heterocycles. The average Bonchev–Trinajstić information content (AvgIpc) is 3.15. The van der Waals surface area contributed by atoms with E-state index >= 15 is 0 Å². The lowest BCUT2D eigenvalue weighted by molar-refractivity contribution is 0.278. The highest BCUT2D eigenvalue weighted by Crippen LogP contribution is 2.19. The maximum Gasteiger partial charge on any atom is 0.631 e. The van der Waals surface area contributed by atoms with Gasteiger partial charge < -0.3 is 15.1 Å². The summed E-state index contributed by atoms with van der Waals surface area (Å²) in [4.78, 5) is 0. The smallest absolute Gasteiger partial charge is 0.402 e. The zero-order valence-corrected chi connectivity index (χ0v) is 37.0. The number of benzene rings is 6. The molecule has 0 heterocycles. The molecule has 3 unspecified atom stereocenters. The molecular formula is C48H60BO3P3. The molecule has 55 heavy (non-hydrogen) atoms. The Labute approximate surface area is 337 Å². The van der Waals surface area contributed by atoms with Gasteiger partial charge in [0, 0.05) is 0 Å². The minimum absolute atomic E-state index is 0.617. The van der Waals surface area contributed by atoms with Crippen molar-refractivity contribution in [3.05, 3.63) is 179 Å². The maximum atomic E-state index is 7.17. The third kappa shape index (κ3) is 18.4. The summed E-state index contributed by atoms with van der Waals surface area (Å²) in [6, 6.07) is 53.5. The second-order valence-corrected chi connectivity index (χ2v) is 18.9. The van der Waals surface area contributed by atoms with Gasteiger partial charge in [0.15, 0.2) is 0 Å². The van der Waals surface area contributed by atoms with Crippen molar-refractivity contribution in [1.29, 1.82) is 0 Å². The van der Waals surface area contributed by atoms with E-state index in [2.05, 4.69) is 208 Å². The van der Waals surface area contributed by atoms with Crippen LogP contribution in [0.15, 0.2) is 146 Å². The zero-order valence-electron chi connectivity index (χ0n) is 34.0.